The molecule has 1 aromatic heterocycles. The lowest BCUT2D eigenvalue weighted by molar-refractivity contribution is -0.182. The molecule has 0 bridgehead atoms. The highest BCUT2D eigenvalue weighted by Gasteiger charge is 2.41. The van der Waals surface area contributed by atoms with Crippen LogP contribution in [0.4, 0.5) is 13.2 Å². The molecule has 1 saturated carbocycles. The Hall–Kier alpha value is -1.31. The molecule has 0 unspecified atom stereocenters. The lowest BCUT2D eigenvalue weighted by atomic mass is 9.85. The van der Waals surface area contributed by atoms with E-state index in [2.05, 4.69) is 27.5 Å². The van der Waals surface area contributed by atoms with Gasteiger partial charge in [-0.1, -0.05) is 6.92 Å². The van der Waals surface area contributed by atoms with Crippen molar-refractivity contribution in [1.82, 2.24) is 15.6 Å². The summed E-state index contributed by atoms with van der Waals surface area (Å²) >= 11 is 1.63. The van der Waals surface area contributed by atoms with Crippen molar-refractivity contribution in [2.75, 3.05) is 6.54 Å². The number of halogens is 3. The Morgan fingerprint density at radius 1 is 1.29 bits per heavy atom. The fourth-order valence-corrected chi connectivity index (χ4v) is 3.56. The summed E-state index contributed by atoms with van der Waals surface area (Å²) in [5, 5.41) is 9.51. The van der Waals surface area contributed by atoms with Crippen LogP contribution in [0.25, 0.3) is 0 Å². The van der Waals surface area contributed by atoms with Gasteiger partial charge in [-0.25, -0.2) is 9.98 Å². The van der Waals surface area contributed by atoms with Crippen molar-refractivity contribution in [1.29, 1.82) is 0 Å². The molecule has 0 aliphatic heterocycles. The van der Waals surface area contributed by atoms with Gasteiger partial charge in [0.25, 0.3) is 0 Å². The van der Waals surface area contributed by atoms with Gasteiger partial charge in [-0.3, -0.25) is 0 Å². The lowest BCUT2D eigenvalue weighted by Gasteiger charge is -2.31. The topological polar surface area (TPSA) is 49.3 Å². The average molecular weight is 362 g/mol. The van der Waals surface area contributed by atoms with Gasteiger partial charge in [0.15, 0.2) is 5.96 Å². The van der Waals surface area contributed by atoms with Gasteiger partial charge in [-0.05, 0) is 39.0 Å². The fraction of sp³-hybridized carbons (Fsp3) is 0.750. The Morgan fingerprint density at radius 2 is 2.00 bits per heavy atom. The second kappa shape index (κ2) is 8.69. The molecule has 1 aliphatic carbocycles. The van der Waals surface area contributed by atoms with Crippen molar-refractivity contribution in [3.63, 3.8) is 0 Å². The van der Waals surface area contributed by atoms with E-state index >= 15 is 0 Å². The van der Waals surface area contributed by atoms with Gasteiger partial charge < -0.3 is 10.6 Å². The molecule has 1 aliphatic rings. The normalized spacial score (nSPS) is 22.5. The molecule has 0 spiro atoms. The first-order valence-corrected chi connectivity index (χ1v) is 9.35. The van der Waals surface area contributed by atoms with Crippen LogP contribution in [-0.2, 0) is 13.0 Å². The highest BCUT2D eigenvalue weighted by Crippen LogP contribution is 2.37. The van der Waals surface area contributed by atoms with Crippen LogP contribution in [0.5, 0.6) is 0 Å². The standard InChI is InChI=1S/C16H25F3N4S/c1-3-14-22-13(10-24-14)9-21-15(20-4-2)23-12-7-5-11(6-8-12)16(17,18)19/h10-12H,3-9H2,1-2H3,(H2,20,21,23). The number of guanidine groups is 1. The van der Waals surface area contributed by atoms with Crippen LogP contribution in [0.15, 0.2) is 10.4 Å². The van der Waals surface area contributed by atoms with Crippen LogP contribution in [0, 0.1) is 5.92 Å². The average Bonchev–Trinajstić information content (AvgIpc) is 3.00. The highest BCUT2D eigenvalue weighted by atomic mass is 32.1. The molecule has 1 fully saturated rings. The highest BCUT2D eigenvalue weighted by molar-refractivity contribution is 7.09. The van der Waals surface area contributed by atoms with Crippen LogP contribution >= 0.6 is 11.3 Å². The van der Waals surface area contributed by atoms with E-state index in [1.807, 2.05) is 12.3 Å². The molecule has 8 heteroatoms. The first-order valence-electron chi connectivity index (χ1n) is 8.47. The van der Waals surface area contributed by atoms with Crippen LogP contribution in [0.3, 0.4) is 0 Å². The second-order valence-corrected chi connectivity index (χ2v) is 6.96. The van der Waals surface area contributed by atoms with E-state index in [0.29, 0.717) is 31.9 Å². The number of nitrogens with one attached hydrogen (secondary N) is 2. The van der Waals surface area contributed by atoms with Gasteiger partial charge in [0.2, 0.25) is 0 Å². The monoisotopic (exact) mass is 362 g/mol. The zero-order chi connectivity index (χ0) is 17.6. The molecule has 24 heavy (non-hydrogen) atoms. The summed E-state index contributed by atoms with van der Waals surface area (Å²) in [6, 6.07) is 0.0445. The van der Waals surface area contributed by atoms with Gasteiger partial charge in [0.05, 0.1) is 23.2 Å². The maximum Gasteiger partial charge on any atom is 0.391 e. The van der Waals surface area contributed by atoms with Crippen molar-refractivity contribution in [2.45, 2.75) is 64.7 Å². The molecule has 0 aromatic carbocycles. The molecule has 0 atom stereocenters. The predicted molar refractivity (Wildman–Crippen MR) is 91.2 cm³/mol. The Kier molecular flexibility index (Phi) is 6.89. The van der Waals surface area contributed by atoms with Gasteiger partial charge in [0, 0.05) is 18.0 Å². The maximum absolute atomic E-state index is 12.7. The van der Waals surface area contributed by atoms with E-state index in [0.717, 1.165) is 17.1 Å². The molecule has 4 nitrogen and oxygen atoms in total. The third kappa shape index (κ3) is 5.65. The number of aromatic nitrogens is 1. The smallest absolute Gasteiger partial charge is 0.357 e. The van der Waals surface area contributed by atoms with Crippen molar-refractivity contribution < 1.29 is 13.2 Å². The van der Waals surface area contributed by atoms with Crippen LogP contribution in [0.1, 0.15) is 50.2 Å². The summed E-state index contributed by atoms with van der Waals surface area (Å²) in [5.41, 5.74) is 0.926. The third-order valence-corrected chi connectivity index (χ3v) is 5.22. The fourth-order valence-electron chi connectivity index (χ4n) is 2.82. The second-order valence-electron chi connectivity index (χ2n) is 6.02. The summed E-state index contributed by atoms with van der Waals surface area (Å²) in [4.78, 5) is 8.99. The number of aryl methyl sites for hydroxylation is 1. The van der Waals surface area contributed by atoms with Crippen molar-refractivity contribution in [2.24, 2.45) is 10.9 Å². The number of aliphatic imine (C=N–C) groups is 1. The van der Waals surface area contributed by atoms with Crippen LogP contribution in [0.2, 0.25) is 0 Å². The molecule has 1 aromatic rings. The Morgan fingerprint density at radius 3 is 2.54 bits per heavy atom. The minimum absolute atomic E-state index is 0.0445. The molecule has 0 saturated heterocycles. The molecule has 0 radical (unpaired) electrons. The van der Waals surface area contributed by atoms with Gasteiger partial charge in [-0.15, -0.1) is 11.3 Å². The zero-order valence-electron chi connectivity index (χ0n) is 14.1. The number of hydrogen-bond donors (Lipinski definition) is 2. The van der Waals surface area contributed by atoms with Crippen molar-refractivity contribution in [3.05, 3.63) is 16.1 Å². The van der Waals surface area contributed by atoms with Crippen molar-refractivity contribution >= 4 is 17.3 Å². The first-order chi connectivity index (χ1) is 11.4. The molecule has 2 rings (SSSR count). The summed E-state index contributed by atoms with van der Waals surface area (Å²) in [6.45, 7) is 5.22. The minimum atomic E-state index is -4.06. The zero-order valence-corrected chi connectivity index (χ0v) is 14.9. The predicted octanol–water partition coefficient (Wildman–Crippen LogP) is 3.88. The molecule has 136 valence electrons. The molecule has 1 heterocycles. The van der Waals surface area contributed by atoms with Gasteiger partial charge in [-0.2, -0.15) is 13.2 Å². The van der Waals surface area contributed by atoms with E-state index in [9.17, 15) is 13.2 Å². The third-order valence-electron chi connectivity index (χ3n) is 4.18. The summed E-state index contributed by atoms with van der Waals surface area (Å²) < 4.78 is 38.2. The number of nitrogens with zero attached hydrogens (tertiary/aromatic N) is 2. The number of hydrogen-bond acceptors (Lipinski definition) is 3. The summed E-state index contributed by atoms with van der Waals surface area (Å²) in [5.74, 6) is -0.503. The number of rotatable bonds is 5. The van der Waals surface area contributed by atoms with E-state index < -0.39 is 12.1 Å². The first kappa shape index (κ1) is 19.0. The minimum Gasteiger partial charge on any atom is -0.357 e. The van der Waals surface area contributed by atoms with E-state index in [-0.39, 0.29) is 18.9 Å². The largest absolute Gasteiger partial charge is 0.391 e. The quantitative estimate of drug-likeness (QED) is 0.617. The molecule has 2 N–H and O–H groups in total. The molecular formula is C16H25F3N4S. The van der Waals surface area contributed by atoms with Gasteiger partial charge in [0.1, 0.15) is 0 Å². The Labute approximate surface area is 145 Å². The van der Waals surface area contributed by atoms with Crippen molar-refractivity contribution in [3.8, 4) is 0 Å². The molecule has 0 amide bonds. The van der Waals surface area contributed by atoms with Crippen LogP contribution in [-0.4, -0.2) is 29.7 Å². The van der Waals surface area contributed by atoms with E-state index in [4.69, 9.17) is 0 Å². The van der Waals surface area contributed by atoms with Crippen LogP contribution < -0.4 is 10.6 Å². The Balaban J connectivity index is 1.88. The number of alkyl halides is 3. The van der Waals surface area contributed by atoms with E-state index in [1.165, 1.54) is 0 Å². The lowest BCUT2D eigenvalue weighted by Crippen LogP contribution is -2.45. The van der Waals surface area contributed by atoms with Gasteiger partial charge >= 0.3 is 6.18 Å². The van der Waals surface area contributed by atoms with E-state index in [1.54, 1.807) is 11.3 Å². The number of thiazole rings is 1. The Bertz CT molecular complexity index is 534. The SMILES string of the molecule is CCNC(=NCc1csc(CC)n1)NC1CCC(C(F)(F)F)CC1. The summed E-state index contributed by atoms with van der Waals surface area (Å²) in [7, 11) is 0. The molecular weight excluding hydrogens is 337 g/mol. The maximum atomic E-state index is 12.7. The summed E-state index contributed by atoms with van der Waals surface area (Å²) in [6.07, 6.45) is -1.74.